The van der Waals surface area contributed by atoms with Gasteiger partial charge in [0.05, 0.1) is 0 Å². The lowest BCUT2D eigenvalue weighted by Gasteiger charge is -2.67. The second kappa shape index (κ2) is 11.7. The number of hydrogen-bond acceptors (Lipinski definition) is 2. The van der Waals surface area contributed by atoms with Crippen LogP contribution in [0.15, 0.2) is 34.9 Å². The van der Waals surface area contributed by atoms with Gasteiger partial charge < -0.3 is 0 Å². The average Bonchev–Trinajstić information content (AvgIpc) is 3.31. The van der Waals surface area contributed by atoms with Gasteiger partial charge in [0.25, 0.3) is 0 Å². The zero-order chi connectivity index (χ0) is 31.7. The highest BCUT2D eigenvalue weighted by molar-refractivity contribution is 7.80. The van der Waals surface area contributed by atoms with E-state index in [9.17, 15) is 4.79 Å². The number of carbonyl (C=O) groups is 1. The molecule has 5 rings (SSSR count). The standard InChI is InChI=1S/C41H64OS/c1-25(2)22-27(5)41-20-15-32(26(3)4)37(41)33-12-13-36-39(10)18-14-30(23-31(43)24-38(8,9)29(7)42)28(6)34(39)16-19-40(36,11)35(33)17-21-41/h22,26,28,30,33-36H,1,12-21,23-24H2,2-11H3/b27-22+. The van der Waals surface area contributed by atoms with Crippen LogP contribution >= 0.6 is 12.2 Å². The summed E-state index contributed by atoms with van der Waals surface area (Å²) in [6.07, 6.45) is 17.9. The molecule has 240 valence electrons. The van der Waals surface area contributed by atoms with Crippen molar-refractivity contribution in [2.24, 2.45) is 63.1 Å². The maximum atomic E-state index is 12.2. The van der Waals surface area contributed by atoms with Gasteiger partial charge in [0, 0.05) is 10.8 Å². The number of hydrogen-bond donors (Lipinski definition) is 0. The highest BCUT2D eigenvalue weighted by Gasteiger charge is 2.64. The zero-order valence-corrected chi connectivity index (χ0v) is 30.4. The fourth-order valence-electron chi connectivity index (χ4n) is 12.4. The summed E-state index contributed by atoms with van der Waals surface area (Å²) in [6, 6.07) is 0. The Bertz CT molecular complexity index is 1210. The molecular weight excluding hydrogens is 541 g/mol. The lowest BCUT2D eigenvalue weighted by molar-refractivity contribution is -0.168. The molecule has 0 aromatic heterocycles. The average molecular weight is 605 g/mol. The Morgan fingerprint density at radius 3 is 2.23 bits per heavy atom. The molecule has 0 N–H and O–H groups in total. The summed E-state index contributed by atoms with van der Waals surface area (Å²) in [5.41, 5.74) is 7.43. The third-order valence-corrected chi connectivity index (χ3v) is 15.2. The number of rotatable bonds is 8. The first-order valence-corrected chi connectivity index (χ1v) is 18.5. The van der Waals surface area contributed by atoms with Crippen LogP contribution in [0, 0.1) is 63.1 Å². The van der Waals surface area contributed by atoms with Crippen LogP contribution in [0.2, 0.25) is 0 Å². The molecule has 0 heterocycles. The largest absolute Gasteiger partial charge is 0.299 e. The summed E-state index contributed by atoms with van der Waals surface area (Å²) >= 11 is 5.95. The van der Waals surface area contributed by atoms with E-state index in [-0.39, 0.29) is 11.2 Å². The zero-order valence-electron chi connectivity index (χ0n) is 29.6. The second-order valence-corrected chi connectivity index (χ2v) is 18.5. The van der Waals surface area contributed by atoms with Crippen molar-refractivity contribution in [1.29, 1.82) is 0 Å². The molecule has 43 heavy (non-hydrogen) atoms. The van der Waals surface area contributed by atoms with Gasteiger partial charge in [-0.2, -0.15) is 0 Å². The van der Waals surface area contributed by atoms with Crippen molar-refractivity contribution in [2.75, 3.05) is 0 Å². The summed E-state index contributed by atoms with van der Waals surface area (Å²) in [4.78, 5) is 13.3. The molecule has 0 amide bonds. The number of fused-ring (bicyclic) bond motifs is 7. The van der Waals surface area contributed by atoms with E-state index in [1.54, 1.807) is 12.5 Å². The molecule has 0 bridgehead atoms. The minimum atomic E-state index is -0.324. The van der Waals surface area contributed by atoms with E-state index >= 15 is 0 Å². The molecule has 1 nitrogen and oxygen atoms in total. The van der Waals surface area contributed by atoms with Gasteiger partial charge in [-0.25, -0.2) is 0 Å². The highest BCUT2D eigenvalue weighted by atomic mass is 32.1. The van der Waals surface area contributed by atoms with Gasteiger partial charge in [0.1, 0.15) is 5.78 Å². The first-order valence-electron chi connectivity index (χ1n) is 18.1. The van der Waals surface area contributed by atoms with Crippen molar-refractivity contribution in [3.63, 3.8) is 0 Å². The summed E-state index contributed by atoms with van der Waals surface area (Å²) in [5, 5.41) is 0. The van der Waals surface area contributed by atoms with Crippen LogP contribution in [0.1, 0.15) is 146 Å². The van der Waals surface area contributed by atoms with Crippen LogP contribution in [-0.4, -0.2) is 10.6 Å². The van der Waals surface area contributed by atoms with Crippen molar-refractivity contribution in [2.45, 2.75) is 146 Å². The molecule has 0 radical (unpaired) electrons. The molecule has 0 aliphatic heterocycles. The van der Waals surface area contributed by atoms with Crippen LogP contribution in [-0.2, 0) is 4.79 Å². The summed E-state index contributed by atoms with van der Waals surface area (Å²) in [6.45, 7) is 27.8. The predicted octanol–water partition coefficient (Wildman–Crippen LogP) is 11.9. The minimum absolute atomic E-state index is 0.261. The first-order chi connectivity index (χ1) is 20.0. The van der Waals surface area contributed by atoms with Gasteiger partial charge in [-0.3, -0.25) is 4.79 Å². The smallest absolute Gasteiger partial charge is 0.135 e. The first kappa shape index (κ1) is 33.3. The van der Waals surface area contributed by atoms with Crippen molar-refractivity contribution in [3.05, 3.63) is 34.9 Å². The van der Waals surface area contributed by atoms with Gasteiger partial charge in [-0.05, 0) is 155 Å². The van der Waals surface area contributed by atoms with E-state index in [4.69, 9.17) is 12.2 Å². The summed E-state index contributed by atoms with van der Waals surface area (Å²) in [7, 11) is 0. The van der Waals surface area contributed by atoms with E-state index in [0.29, 0.717) is 28.1 Å². The second-order valence-electron chi connectivity index (χ2n) is 17.9. The Morgan fingerprint density at radius 1 is 0.977 bits per heavy atom. The van der Waals surface area contributed by atoms with Crippen molar-refractivity contribution < 1.29 is 4.79 Å². The van der Waals surface area contributed by atoms with E-state index in [2.05, 4.69) is 75.0 Å². The number of ketones is 1. The van der Waals surface area contributed by atoms with Crippen molar-refractivity contribution in [3.8, 4) is 0 Å². The highest BCUT2D eigenvalue weighted by Crippen LogP contribution is 2.73. The normalized spacial score (nSPS) is 41.3. The maximum absolute atomic E-state index is 12.2. The number of allylic oxidation sites excluding steroid dienone is 5. The third kappa shape index (κ3) is 5.44. The van der Waals surface area contributed by atoms with Crippen molar-refractivity contribution in [1.82, 2.24) is 0 Å². The van der Waals surface area contributed by atoms with Crippen LogP contribution in [0.3, 0.4) is 0 Å². The molecule has 4 saturated carbocycles. The molecule has 0 aromatic rings. The van der Waals surface area contributed by atoms with E-state index in [1.807, 2.05) is 11.1 Å². The van der Waals surface area contributed by atoms with Crippen LogP contribution in [0.25, 0.3) is 0 Å². The fourth-order valence-corrected chi connectivity index (χ4v) is 13.0. The third-order valence-electron chi connectivity index (χ3n) is 14.9. The Hall–Kier alpha value is -1.02. The van der Waals surface area contributed by atoms with Gasteiger partial charge in [0.2, 0.25) is 0 Å². The quantitative estimate of drug-likeness (QED) is 0.156. The predicted molar refractivity (Wildman–Crippen MR) is 188 cm³/mol. The molecule has 0 aromatic carbocycles. The molecular formula is C41H64OS. The van der Waals surface area contributed by atoms with Gasteiger partial charge in [-0.15, -0.1) is 0 Å². The van der Waals surface area contributed by atoms with E-state index < -0.39 is 0 Å². The Morgan fingerprint density at radius 2 is 1.60 bits per heavy atom. The number of thiocarbonyl (C=S) groups is 1. The van der Waals surface area contributed by atoms with Crippen LogP contribution < -0.4 is 0 Å². The lowest BCUT2D eigenvalue weighted by atomic mass is 9.37. The minimum Gasteiger partial charge on any atom is -0.299 e. The molecule has 0 saturated heterocycles. The molecule has 4 fully saturated rings. The van der Waals surface area contributed by atoms with Crippen LogP contribution in [0.4, 0.5) is 0 Å². The summed E-state index contributed by atoms with van der Waals surface area (Å²) < 4.78 is 0. The molecule has 9 atom stereocenters. The molecule has 2 heteroatoms. The van der Waals surface area contributed by atoms with Gasteiger partial charge in [0.15, 0.2) is 0 Å². The summed E-state index contributed by atoms with van der Waals surface area (Å²) in [5.74, 6) is 5.60. The number of carbonyl (C=O) groups excluding carboxylic acids is 1. The van der Waals surface area contributed by atoms with Crippen molar-refractivity contribution >= 4 is 22.9 Å². The van der Waals surface area contributed by atoms with Gasteiger partial charge in [-0.1, -0.05) is 95.6 Å². The topological polar surface area (TPSA) is 17.1 Å². The van der Waals surface area contributed by atoms with E-state index in [1.165, 1.54) is 69.8 Å². The lowest BCUT2D eigenvalue weighted by Crippen LogP contribution is -2.60. The molecule has 9 unspecified atom stereocenters. The molecule has 5 aliphatic carbocycles. The Kier molecular flexibility index (Phi) is 9.04. The number of Topliss-reactive ketones (excluding diaryl/α,β-unsaturated/α-hetero) is 1. The Labute approximate surface area is 271 Å². The monoisotopic (exact) mass is 604 g/mol. The maximum Gasteiger partial charge on any atom is 0.135 e. The van der Waals surface area contributed by atoms with E-state index in [0.717, 1.165) is 47.3 Å². The Balaban J connectivity index is 1.39. The van der Waals surface area contributed by atoms with Gasteiger partial charge >= 0.3 is 0 Å². The molecule has 5 aliphatic rings. The van der Waals surface area contributed by atoms with Crippen LogP contribution in [0.5, 0.6) is 0 Å². The SMILES string of the molecule is C=C(C)/C=C(\C)C12CCC(C(C)C)=C1C1CCC3C(C)(CCC4C(C)C(CC(=S)CC(C)(C)C(C)=O)CCC43C)C1CC2. The fraction of sp³-hybridized carbons (Fsp3) is 0.805. The molecule has 0 spiro atoms.